The third-order valence-electron chi connectivity index (χ3n) is 2.10. The average Bonchev–Trinajstić information content (AvgIpc) is 2.24. The number of aliphatic carboxylic acids is 1. The summed E-state index contributed by atoms with van der Waals surface area (Å²) in [6, 6.07) is 1.12. The second-order valence-corrected chi connectivity index (χ2v) is 3.36. The number of hydrogen-bond donors (Lipinski definition) is 3. The minimum atomic E-state index is -1.62. The van der Waals surface area contributed by atoms with Gasteiger partial charge in [-0.3, -0.25) is 0 Å². The fourth-order valence-corrected chi connectivity index (χ4v) is 0.865. The number of aliphatic hydroxyl groups is 1. The molecule has 0 aromatic heterocycles. The lowest BCUT2D eigenvalue weighted by atomic mass is 10.2. The Balaban J connectivity index is 4.07. The number of amides is 2. The molecule has 2 atom stereocenters. The van der Waals surface area contributed by atoms with Gasteiger partial charge >= 0.3 is 12.0 Å². The van der Waals surface area contributed by atoms with E-state index in [0.717, 1.165) is 0 Å². The van der Waals surface area contributed by atoms with Crippen LogP contribution in [0.2, 0.25) is 0 Å². The summed E-state index contributed by atoms with van der Waals surface area (Å²) >= 11 is 0. The molecule has 0 saturated carbocycles. The maximum atomic E-state index is 11.4. The van der Waals surface area contributed by atoms with Crippen LogP contribution in [0, 0.1) is 11.3 Å². The van der Waals surface area contributed by atoms with Gasteiger partial charge in [-0.1, -0.05) is 0 Å². The molecule has 7 nitrogen and oxygen atoms in total. The summed E-state index contributed by atoms with van der Waals surface area (Å²) in [6.45, 7) is 1.33. The number of nitriles is 1. The predicted molar refractivity (Wildman–Crippen MR) is 54.5 cm³/mol. The van der Waals surface area contributed by atoms with Gasteiger partial charge < -0.3 is 20.4 Å². The zero-order chi connectivity index (χ0) is 12.7. The fourth-order valence-electron chi connectivity index (χ4n) is 0.865. The van der Waals surface area contributed by atoms with E-state index in [1.807, 2.05) is 6.07 Å². The Kier molecular flexibility index (Phi) is 5.88. The van der Waals surface area contributed by atoms with Crippen LogP contribution < -0.4 is 5.32 Å². The van der Waals surface area contributed by atoms with Crippen LogP contribution in [0.3, 0.4) is 0 Å². The highest BCUT2D eigenvalue weighted by molar-refractivity contribution is 5.76. The van der Waals surface area contributed by atoms with Crippen molar-refractivity contribution in [3.05, 3.63) is 0 Å². The molecule has 0 fully saturated rings. The van der Waals surface area contributed by atoms with Crippen LogP contribution in [-0.2, 0) is 4.79 Å². The number of rotatable bonds is 5. The summed E-state index contributed by atoms with van der Waals surface area (Å²) in [4.78, 5) is 22.9. The summed E-state index contributed by atoms with van der Waals surface area (Å²) < 4.78 is 0. The molecule has 90 valence electrons. The van der Waals surface area contributed by atoms with Gasteiger partial charge in [0.1, 0.15) is 0 Å². The molecule has 0 radical (unpaired) electrons. The maximum Gasteiger partial charge on any atom is 0.334 e. The highest BCUT2D eigenvalue weighted by Crippen LogP contribution is 1.99. The largest absolute Gasteiger partial charge is 0.479 e. The zero-order valence-electron chi connectivity index (χ0n) is 9.17. The van der Waals surface area contributed by atoms with Crippen molar-refractivity contribution in [3.8, 4) is 6.07 Å². The number of carboxylic acid groups (broad SMARTS) is 1. The van der Waals surface area contributed by atoms with Crippen molar-refractivity contribution in [3.63, 3.8) is 0 Å². The molecule has 2 amide bonds. The van der Waals surface area contributed by atoms with E-state index >= 15 is 0 Å². The van der Waals surface area contributed by atoms with Crippen molar-refractivity contribution < 1.29 is 19.8 Å². The van der Waals surface area contributed by atoms with Crippen LogP contribution >= 0.6 is 0 Å². The molecule has 0 rings (SSSR count). The van der Waals surface area contributed by atoms with Crippen molar-refractivity contribution in [1.82, 2.24) is 10.2 Å². The zero-order valence-corrected chi connectivity index (χ0v) is 9.17. The third kappa shape index (κ3) is 4.61. The number of aliphatic hydroxyl groups excluding tert-OH is 1. The molecular weight excluding hydrogens is 214 g/mol. The lowest BCUT2D eigenvalue weighted by Crippen LogP contribution is -2.45. The predicted octanol–water partition coefficient (Wildman–Crippen LogP) is -0.625. The quantitative estimate of drug-likeness (QED) is 0.581. The number of carbonyl (C=O) groups excluding carboxylic acids is 1. The molecule has 0 bridgehead atoms. The molecule has 0 aromatic carbocycles. The monoisotopic (exact) mass is 229 g/mol. The molecule has 0 aliphatic heterocycles. The highest BCUT2D eigenvalue weighted by Gasteiger charge is 2.18. The van der Waals surface area contributed by atoms with E-state index in [4.69, 9.17) is 15.5 Å². The van der Waals surface area contributed by atoms with Crippen LogP contribution in [0.1, 0.15) is 13.3 Å². The molecule has 7 heteroatoms. The Bertz CT molecular complexity index is 300. The highest BCUT2D eigenvalue weighted by atomic mass is 16.4. The topological polar surface area (TPSA) is 114 Å². The van der Waals surface area contributed by atoms with E-state index in [1.165, 1.54) is 11.9 Å². The molecule has 2 unspecified atom stereocenters. The van der Waals surface area contributed by atoms with Crippen LogP contribution in [0.15, 0.2) is 0 Å². The first-order valence-corrected chi connectivity index (χ1v) is 4.68. The molecule has 0 aromatic rings. The molecule has 0 aliphatic carbocycles. The number of nitrogens with zero attached hydrogens (tertiary/aromatic N) is 2. The van der Waals surface area contributed by atoms with E-state index in [9.17, 15) is 9.59 Å². The van der Waals surface area contributed by atoms with Crippen LogP contribution in [0.4, 0.5) is 4.79 Å². The first-order valence-electron chi connectivity index (χ1n) is 4.68. The fraction of sp³-hybridized carbons (Fsp3) is 0.667. The Hall–Kier alpha value is -1.81. The average molecular weight is 229 g/mol. The smallest absolute Gasteiger partial charge is 0.334 e. The van der Waals surface area contributed by atoms with Crippen LogP contribution in [-0.4, -0.2) is 52.9 Å². The normalized spacial score (nSPS) is 13.4. The van der Waals surface area contributed by atoms with Gasteiger partial charge in [-0.2, -0.15) is 5.26 Å². The van der Waals surface area contributed by atoms with Gasteiger partial charge in [0.25, 0.3) is 0 Å². The van der Waals surface area contributed by atoms with E-state index < -0.39 is 18.1 Å². The van der Waals surface area contributed by atoms with Gasteiger partial charge in [0.15, 0.2) is 6.10 Å². The minimum Gasteiger partial charge on any atom is -0.479 e. The van der Waals surface area contributed by atoms with Crippen LogP contribution in [0.5, 0.6) is 0 Å². The standard InChI is InChI=1S/C9H15N3O4/c1-6(3-4-10)12(2)9(16)11-5-7(13)8(14)15/h6-7,13H,3,5H2,1-2H3,(H,11,16)(H,14,15). The van der Waals surface area contributed by atoms with Gasteiger partial charge in [0, 0.05) is 13.1 Å². The van der Waals surface area contributed by atoms with Gasteiger partial charge in [-0.15, -0.1) is 0 Å². The summed E-state index contributed by atoms with van der Waals surface area (Å²) in [5.41, 5.74) is 0. The summed E-state index contributed by atoms with van der Waals surface area (Å²) in [6.07, 6.45) is -1.44. The third-order valence-corrected chi connectivity index (χ3v) is 2.10. The number of nitrogens with one attached hydrogen (secondary N) is 1. The molecular formula is C9H15N3O4. The number of hydrogen-bond acceptors (Lipinski definition) is 4. The van der Waals surface area contributed by atoms with Gasteiger partial charge in [0.2, 0.25) is 0 Å². The molecule has 0 saturated heterocycles. The lowest BCUT2D eigenvalue weighted by Gasteiger charge is -2.23. The summed E-state index contributed by atoms with van der Waals surface area (Å²) in [5, 5.41) is 28.0. The van der Waals surface area contributed by atoms with Gasteiger partial charge in [-0.05, 0) is 6.92 Å². The maximum absolute atomic E-state index is 11.4. The van der Waals surface area contributed by atoms with Crippen molar-refractivity contribution in [2.75, 3.05) is 13.6 Å². The van der Waals surface area contributed by atoms with Crippen molar-refractivity contribution >= 4 is 12.0 Å². The van der Waals surface area contributed by atoms with Gasteiger partial charge in [0.05, 0.1) is 19.0 Å². The van der Waals surface area contributed by atoms with Gasteiger partial charge in [-0.25, -0.2) is 9.59 Å². The molecule has 3 N–H and O–H groups in total. The van der Waals surface area contributed by atoms with E-state index in [1.54, 1.807) is 6.92 Å². The second-order valence-electron chi connectivity index (χ2n) is 3.36. The minimum absolute atomic E-state index is 0.186. The molecule has 0 spiro atoms. The van der Waals surface area contributed by atoms with Crippen LogP contribution in [0.25, 0.3) is 0 Å². The summed E-state index contributed by atoms with van der Waals surface area (Å²) in [5.74, 6) is -1.40. The van der Waals surface area contributed by atoms with E-state index in [0.29, 0.717) is 0 Å². The first-order chi connectivity index (χ1) is 7.40. The SMILES string of the molecule is CC(CC#N)N(C)C(=O)NCC(O)C(=O)O. The second kappa shape index (κ2) is 6.63. The lowest BCUT2D eigenvalue weighted by molar-refractivity contribution is -0.146. The Morgan fingerprint density at radius 3 is 2.56 bits per heavy atom. The molecule has 0 heterocycles. The van der Waals surface area contributed by atoms with Crippen molar-refractivity contribution in [1.29, 1.82) is 5.26 Å². The number of carboxylic acids is 1. The number of urea groups is 1. The van der Waals surface area contributed by atoms with E-state index in [-0.39, 0.29) is 19.0 Å². The first kappa shape index (κ1) is 14.2. The number of carbonyl (C=O) groups is 2. The van der Waals surface area contributed by atoms with Crippen molar-refractivity contribution in [2.45, 2.75) is 25.5 Å². The van der Waals surface area contributed by atoms with E-state index in [2.05, 4.69) is 5.32 Å². The Labute approximate surface area is 93.3 Å². The Morgan fingerprint density at radius 2 is 2.12 bits per heavy atom. The summed E-state index contributed by atoms with van der Waals surface area (Å²) in [7, 11) is 1.49. The molecule has 0 aliphatic rings. The van der Waals surface area contributed by atoms with Crippen molar-refractivity contribution in [2.24, 2.45) is 0 Å². The Morgan fingerprint density at radius 1 is 1.56 bits per heavy atom. The molecule has 16 heavy (non-hydrogen) atoms.